The first-order valence-corrected chi connectivity index (χ1v) is 5.96. The highest BCUT2D eigenvalue weighted by Crippen LogP contribution is 2.20. The van der Waals surface area contributed by atoms with Gasteiger partial charge in [-0.3, -0.25) is 9.59 Å². The quantitative estimate of drug-likeness (QED) is 0.682. The summed E-state index contributed by atoms with van der Waals surface area (Å²) < 4.78 is 0. The molecule has 1 aromatic carbocycles. The van der Waals surface area contributed by atoms with E-state index in [9.17, 15) is 9.59 Å². The third-order valence-corrected chi connectivity index (χ3v) is 2.66. The largest absolute Gasteiger partial charge is 0.366 e. The van der Waals surface area contributed by atoms with Gasteiger partial charge in [0.1, 0.15) is 0 Å². The van der Waals surface area contributed by atoms with E-state index in [1.165, 1.54) is 12.1 Å². The van der Waals surface area contributed by atoms with Gasteiger partial charge in [0.25, 0.3) is 0 Å². The zero-order chi connectivity index (χ0) is 13.5. The van der Waals surface area contributed by atoms with Gasteiger partial charge in [-0.25, -0.2) is 0 Å². The predicted octanol–water partition coefficient (Wildman–Crippen LogP) is 1.38. The number of nitrogens with one attached hydrogen (secondary N) is 2. The van der Waals surface area contributed by atoms with Crippen LogP contribution in [0.25, 0.3) is 0 Å². The fourth-order valence-electron chi connectivity index (χ4n) is 1.44. The zero-order valence-corrected chi connectivity index (χ0v) is 10.9. The second-order valence-corrected chi connectivity index (χ2v) is 4.22. The molecule has 0 fully saturated rings. The van der Waals surface area contributed by atoms with E-state index in [2.05, 4.69) is 10.6 Å². The Morgan fingerprint density at radius 3 is 2.67 bits per heavy atom. The summed E-state index contributed by atoms with van der Waals surface area (Å²) in [6.07, 6.45) is 1.19. The lowest BCUT2D eigenvalue weighted by Gasteiger charge is -2.07. The number of hydrogen-bond acceptors (Lipinski definition) is 3. The number of amides is 2. The van der Waals surface area contributed by atoms with E-state index >= 15 is 0 Å². The topological polar surface area (TPSA) is 84.2 Å². The average molecular weight is 270 g/mol. The second kappa shape index (κ2) is 6.98. The number of carbonyl (C=O) groups is 2. The van der Waals surface area contributed by atoms with Crippen LogP contribution in [-0.4, -0.2) is 25.4 Å². The van der Waals surface area contributed by atoms with Crippen LogP contribution >= 0.6 is 11.6 Å². The van der Waals surface area contributed by atoms with Gasteiger partial charge in [0.15, 0.2) is 0 Å². The maximum Gasteiger partial charge on any atom is 0.250 e. The van der Waals surface area contributed by atoms with Crippen molar-refractivity contribution in [2.24, 2.45) is 5.73 Å². The van der Waals surface area contributed by atoms with Gasteiger partial charge >= 0.3 is 0 Å². The highest BCUT2D eigenvalue weighted by atomic mass is 35.5. The fourth-order valence-corrected chi connectivity index (χ4v) is 1.72. The van der Waals surface area contributed by atoms with Crippen LogP contribution in [0, 0.1) is 0 Å². The van der Waals surface area contributed by atoms with Crippen molar-refractivity contribution in [3.05, 3.63) is 28.8 Å². The number of nitrogens with two attached hydrogens (primary N) is 1. The van der Waals surface area contributed by atoms with Gasteiger partial charge in [-0.1, -0.05) is 11.6 Å². The number of benzene rings is 1. The highest BCUT2D eigenvalue weighted by Gasteiger charge is 2.08. The lowest BCUT2D eigenvalue weighted by molar-refractivity contribution is -0.116. The molecule has 98 valence electrons. The summed E-state index contributed by atoms with van der Waals surface area (Å²) in [6.45, 7) is 0.786. The summed E-state index contributed by atoms with van der Waals surface area (Å²) in [6, 6.07) is 4.60. The molecular formula is C12H16ClN3O2. The first-order valence-electron chi connectivity index (χ1n) is 5.58. The van der Waals surface area contributed by atoms with Gasteiger partial charge in [0.05, 0.1) is 10.6 Å². The number of carbonyl (C=O) groups excluding carboxylic acids is 2. The van der Waals surface area contributed by atoms with Crippen LogP contribution < -0.4 is 16.4 Å². The van der Waals surface area contributed by atoms with E-state index in [0.717, 1.165) is 13.0 Å². The van der Waals surface area contributed by atoms with Crippen LogP contribution in [-0.2, 0) is 4.79 Å². The molecule has 6 heteroatoms. The molecule has 0 bridgehead atoms. The zero-order valence-electron chi connectivity index (χ0n) is 10.1. The molecular weight excluding hydrogens is 254 g/mol. The normalized spacial score (nSPS) is 10.1. The molecule has 0 aliphatic heterocycles. The van der Waals surface area contributed by atoms with Crippen LogP contribution in [0.1, 0.15) is 23.2 Å². The molecule has 0 aliphatic carbocycles. The molecule has 1 rings (SSSR count). The Labute approximate surface area is 111 Å². The van der Waals surface area contributed by atoms with Crippen molar-refractivity contribution in [2.75, 3.05) is 18.9 Å². The molecule has 0 heterocycles. The summed E-state index contributed by atoms with van der Waals surface area (Å²) >= 11 is 5.87. The lowest BCUT2D eigenvalue weighted by Crippen LogP contribution is -2.16. The molecule has 0 aromatic heterocycles. The summed E-state index contributed by atoms with van der Waals surface area (Å²) in [7, 11) is 1.83. The van der Waals surface area contributed by atoms with Crippen LogP contribution in [0.5, 0.6) is 0 Å². The van der Waals surface area contributed by atoms with Gasteiger partial charge < -0.3 is 16.4 Å². The Balaban J connectivity index is 2.60. The van der Waals surface area contributed by atoms with Crippen molar-refractivity contribution in [3.8, 4) is 0 Å². The molecule has 0 saturated heterocycles. The van der Waals surface area contributed by atoms with E-state index in [0.29, 0.717) is 12.1 Å². The van der Waals surface area contributed by atoms with Crippen LogP contribution in [0.15, 0.2) is 18.2 Å². The van der Waals surface area contributed by atoms with Crippen molar-refractivity contribution in [2.45, 2.75) is 12.8 Å². The summed E-state index contributed by atoms with van der Waals surface area (Å²) in [5, 5.41) is 5.90. The van der Waals surface area contributed by atoms with Gasteiger partial charge in [-0.15, -0.1) is 0 Å². The van der Waals surface area contributed by atoms with Gasteiger partial charge in [0.2, 0.25) is 11.8 Å². The Kier molecular flexibility index (Phi) is 5.61. The minimum absolute atomic E-state index is 0.0897. The number of rotatable bonds is 6. The standard InChI is InChI=1S/C12H16ClN3O2/c1-15-6-2-3-11(17)16-8-4-5-9(12(14)18)10(13)7-8/h4-5,7,15H,2-3,6H2,1H3,(H2,14,18)(H,16,17). The van der Waals surface area contributed by atoms with Gasteiger partial charge in [0, 0.05) is 12.1 Å². The lowest BCUT2D eigenvalue weighted by atomic mass is 10.2. The fraction of sp³-hybridized carbons (Fsp3) is 0.333. The molecule has 0 saturated carbocycles. The molecule has 2 amide bonds. The maximum absolute atomic E-state index is 11.5. The van der Waals surface area contributed by atoms with Crippen molar-refractivity contribution in [3.63, 3.8) is 0 Å². The SMILES string of the molecule is CNCCCC(=O)Nc1ccc(C(N)=O)c(Cl)c1. The number of halogens is 1. The summed E-state index contributed by atoms with van der Waals surface area (Å²) in [4.78, 5) is 22.5. The molecule has 0 atom stereocenters. The van der Waals surface area contributed by atoms with Gasteiger partial charge in [-0.05, 0) is 38.2 Å². The average Bonchev–Trinajstić information content (AvgIpc) is 2.28. The number of hydrogen-bond donors (Lipinski definition) is 3. The van der Waals surface area contributed by atoms with Crippen molar-refractivity contribution >= 4 is 29.1 Å². The van der Waals surface area contributed by atoms with Gasteiger partial charge in [-0.2, -0.15) is 0 Å². The molecule has 5 nitrogen and oxygen atoms in total. The molecule has 4 N–H and O–H groups in total. The minimum Gasteiger partial charge on any atom is -0.366 e. The monoisotopic (exact) mass is 269 g/mol. The summed E-state index contributed by atoms with van der Waals surface area (Å²) in [5.74, 6) is -0.681. The Hall–Kier alpha value is -1.59. The second-order valence-electron chi connectivity index (χ2n) is 3.81. The first kappa shape index (κ1) is 14.5. The third-order valence-electron chi connectivity index (χ3n) is 2.35. The van der Waals surface area contributed by atoms with Crippen molar-refractivity contribution in [1.82, 2.24) is 5.32 Å². The molecule has 1 aromatic rings. The van der Waals surface area contributed by atoms with Crippen LogP contribution in [0.3, 0.4) is 0 Å². The smallest absolute Gasteiger partial charge is 0.250 e. The highest BCUT2D eigenvalue weighted by molar-refractivity contribution is 6.34. The van der Waals surface area contributed by atoms with E-state index in [4.69, 9.17) is 17.3 Å². The minimum atomic E-state index is -0.591. The number of primary amides is 1. The third kappa shape index (κ3) is 4.35. The van der Waals surface area contributed by atoms with Crippen LogP contribution in [0.4, 0.5) is 5.69 Å². The predicted molar refractivity (Wildman–Crippen MR) is 71.8 cm³/mol. The molecule has 0 unspecified atom stereocenters. The molecule has 0 aliphatic rings. The molecule has 0 radical (unpaired) electrons. The van der Waals surface area contributed by atoms with E-state index in [1.54, 1.807) is 6.07 Å². The Morgan fingerprint density at radius 1 is 1.39 bits per heavy atom. The van der Waals surface area contributed by atoms with E-state index < -0.39 is 5.91 Å². The van der Waals surface area contributed by atoms with Crippen molar-refractivity contribution < 1.29 is 9.59 Å². The van der Waals surface area contributed by atoms with Crippen LogP contribution in [0.2, 0.25) is 5.02 Å². The first-order chi connectivity index (χ1) is 8.54. The Bertz CT molecular complexity index is 449. The number of anilines is 1. The summed E-state index contributed by atoms with van der Waals surface area (Å²) in [5.41, 5.74) is 5.92. The molecule has 0 spiro atoms. The van der Waals surface area contributed by atoms with E-state index in [1.807, 2.05) is 7.05 Å². The maximum atomic E-state index is 11.5. The molecule has 18 heavy (non-hydrogen) atoms. The van der Waals surface area contributed by atoms with E-state index in [-0.39, 0.29) is 16.5 Å². The Morgan fingerprint density at radius 2 is 2.11 bits per heavy atom. The van der Waals surface area contributed by atoms with Crippen molar-refractivity contribution in [1.29, 1.82) is 0 Å².